The standard InChI is InChI=1S/6C9H6N2O3.C8H19NO4.C7H16N2O.C5H13NO2.C5H13NO.C5H13N.C2H7NO.H2/c6*12-8-4-3-7(11(13)14)6-2-1-5-10-9(6)8;1-3-5(10)7(12)8(13)6(11)4-9-2;1-6(10)7(9)4-2-3-5-8;1-2-5(6,3-7)4-8;1-2-3-6-4-5-7;1-4-5-6(2)3;3-1-2-4;/h6*1-5,12H;5-13H,3-4H2,1-2H3;7H,2-5,8-9H2,1H3;7-8H,2-4,6H2,1H3;6-7H,2-5H2,1H3;4-5H2,1-3H3;4H,1-3H2;1H/t;;;;;;5-,6+,7-,8-;7-;;;;;/m......10...../s1. The lowest BCUT2D eigenvalue weighted by Gasteiger charge is -2.24. The van der Waals surface area contributed by atoms with Gasteiger partial charge in [-0.2, -0.15) is 0 Å². The smallest absolute Gasteiger partial charge is 0.278 e. The normalized spacial score (nSPS) is 11.5. The predicted molar refractivity (Wildman–Crippen MR) is 478 cm³/mol. The summed E-state index contributed by atoms with van der Waals surface area (Å²) in [6, 6.07) is 32.4. The highest BCUT2D eigenvalue weighted by atomic mass is 16.6. The zero-order valence-electron chi connectivity index (χ0n) is 74.3. The fourth-order valence-electron chi connectivity index (χ4n) is 10.8. The zero-order chi connectivity index (χ0) is 99.8. The van der Waals surface area contributed by atoms with Crippen LogP contribution in [0.15, 0.2) is 183 Å². The molecule has 6 heterocycles. The number of pyridine rings is 6. The van der Waals surface area contributed by atoms with E-state index in [1.807, 2.05) is 6.92 Å². The molecular formula is C86H119N19O27. The van der Waals surface area contributed by atoms with Gasteiger partial charge in [0.05, 0.1) is 174 Å². The van der Waals surface area contributed by atoms with Crippen molar-refractivity contribution < 1.29 is 140 Å². The van der Waals surface area contributed by atoms with E-state index in [0.29, 0.717) is 32.5 Å². The van der Waals surface area contributed by atoms with Gasteiger partial charge in [-0.25, -0.2) is 0 Å². The average Bonchev–Trinajstić information content (AvgIpc) is 0.833. The van der Waals surface area contributed by atoms with Gasteiger partial charge in [0.25, 0.3) is 34.1 Å². The average molecular weight is 1850 g/mol. The Kier molecular flexibility index (Phi) is 55.5. The van der Waals surface area contributed by atoms with Crippen LogP contribution in [0.3, 0.4) is 0 Å². The highest BCUT2D eigenvalue weighted by Crippen LogP contribution is 2.34. The number of nitrogens with zero attached hydrogens (tertiary/aromatic N) is 12. The maximum Gasteiger partial charge on any atom is 0.278 e. The van der Waals surface area contributed by atoms with Gasteiger partial charge in [-0.15, -0.1) is 0 Å². The van der Waals surface area contributed by atoms with Crippen LogP contribution in [0.25, 0.3) is 65.4 Å². The Hall–Kier alpha value is -14.0. The molecule has 12 aromatic rings. The summed E-state index contributed by atoms with van der Waals surface area (Å²) in [6.45, 7) is 15.0. The van der Waals surface area contributed by atoms with Crippen LogP contribution in [-0.2, 0) is 4.79 Å². The first-order valence-electron chi connectivity index (χ1n) is 41.1. The number of Topliss-reactive ketones (excluding diaryl/α,β-unsaturated/α-hetero) is 1. The fraction of sp³-hybridized carbons (Fsp3) is 0.360. The number of aliphatic hydroxyl groups is 8. The van der Waals surface area contributed by atoms with Crippen molar-refractivity contribution in [2.75, 3.05) is 86.8 Å². The summed E-state index contributed by atoms with van der Waals surface area (Å²) >= 11 is 0. The first kappa shape index (κ1) is 116. The molecule has 0 unspecified atom stereocenters. The van der Waals surface area contributed by atoms with Crippen molar-refractivity contribution >= 4 is 105 Å². The van der Waals surface area contributed by atoms with E-state index >= 15 is 0 Å². The second kappa shape index (κ2) is 63.1. The number of aromatic nitrogens is 6. The van der Waals surface area contributed by atoms with E-state index in [9.17, 15) is 117 Å². The van der Waals surface area contributed by atoms with Crippen molar-refractivity contribution in [2.24, 2.45) is 5.73 Å². The van der Waals surface area contributed by atoms with Crippen LogP contribution in [0.2, 0.25) is 0 Å². The summed E-state index contributed by atoms with van der Waals surface area (Å²) in [6.07, 6.45) is 10.5. The minimum absolute atomic E-state index is 0. The first-order valence-corrected chi connectivity index (χ1v) is 41.1. The minimum atomic E-state index is -1.29. The van der Waals surface area contributed by atoms with E-state index in [2.05, 4.69) is 80.4 Å². The molecule has 0 radical (unpaired) electrons. The second-order valence-corrected chi connectivity index (χ2v) is 28.5. The molecule has 132 heavy (non-hydrogen) atoms. The molecule has 5 atom stereocenters. The maximum atomic E-state index is 11.3. The zero-order valence-corrected chi connectivity index (χ0v) is 74.3. The molecule has 46 nitrogen and oxygen atoms in total. The van der Waals surface area contributed by atoms with Gasteiger partial charge in [0, 0.05) is 81.4 Å². The number of benzene rings is 6. The third-order valence-corrected chi connectivity index (χ3v) is 18.2. The molecule has 6 aromatic carbocycles. The van der Waals surface area contributed by atoms with Crippen LogP contribution in [-0.4, -0.2) is 229 Å². The molecule has 0 saturated carbocycles. The lowest BCUT2D eigenvalue weighted by atomic mass is 10.0. The van der Waals surface area contributed by atoms with Crippen LogP contribution in [0, 0.1) is 60.7 Å². The number of nitrogens with two attached hydrogens (primary N) is 3. The molecule has 6 aromatic heterocycles. The number of non-ortho nitro benzene ring substituents is 6. The third kappa shape index (κ3) is 39.6. The Labute approximate surface area is 758 Å². The van der Waals surface area contributed by atoms with E-state index in [-0.39, 0.29) is 167 Å². The SMILES string of the molecule is CC(=O)[C@@H](N)CCCC[NH3+].CCC([NH3+])(CO)CO.CCC[NH+](C)C.CCC[NH2+]CCO.CC[C@@H](O)[C@@H](O)[C@H](O)[C@@H](O)C[NH2+]C.O=[N+]([O-])c1ccc([O-])c2ncccc12.O=[N+]([O-])c1ccc([O-])c2ncccc12.O=[N+]([O-])c1ccc([O-])c2ncccc12.O=[N+]([O-])c1ccc([O-])c2ncccc12.O=[N+]([O-])c1ccc([O-])c2ncccc12.O=[N+]([O-])c1ccc([O-])c2ncccc12.[HH].[NH3+]CCO. The molecule has 0 aliphatic heterocycles. The number of aliphatic hydroxyl groups excluding tert-OH is 8. The Balaban J connectivity index is 0.00000145. The largest absolute Gasteiger partial charge is 0.871 e. The van der Waals surface area contributed by atoms with Crippen molar-refractivity contribution in [2.45, 2.75) is 116 Å². The molecule has 46 heteroatoms. The monoisotopic (exact) mass is 1850 g/mol. The van der Waals surface area contributed by atoms with Gasteiger partial charge in [-0.3, -0.25) is 95.4 Å². The van der Waals surface area contributed by atoms with E-state index in [1.165, 1.54) is 141 Å². The molecule has 0 aliphatic rings. The molecule has 0 spiro atoms. The number of fused-ring (bicyclic) bond motifs is 6. The Morgan fingerprint density at radius 1 is 0.439 bits per heavy atom. The highest BCUT2D eigenvalue weighted by molar-refractivity contribution is 5.95. The molecule has 0 aliphatic carbocycles. The number of unbranched alkanes of at least 4 members (excludes halogenated alkanes) is 1. The van der Waals surface area contributed by atoms with Gasteiger partial charge in [0.2, 0.25) is 0 Å². The lowest BCUT2D eigenvalue weighted by Crippen LogP contribution is -3.05. The summed E-state index contributed by atoms with van der Waals surface area (Å²) in [5.74, 6) is -1.71. The minimum Gasteiger partial charge on any atom is -0.871 e. The summed E-state index contributed by atoms with van der Waals surface area (Å²) in [7, 11) is 6.09. The highest BCUT2D eigenvalue weighted by Gasteiger charge is 2.30. The van der Waals surface area contributed by atoms with Gasteiger partial charge in [0.15, 0.2) is 0 Å². The molecule has 0 amide bonds. The number of carbonyl (C=O) groups excluding carboxylic acids is 1. The number of hydrogen-bond donors (Lipinski definition) is 15. The van der Waals surface area contributed by atoms with Crippen LogP contribution >= 0.6 is 0 Å². The number of ketones is 1. The van der Waals surface area contributed by atoms with Crippen molar-refractivity contribution in [3.63, 3.8) is 0 Å². The molecular weight excluding hydrogens is 1730 g/mol. The van der Waals surface area contributed by atoms with E-state index in [0.717, 1.165) is 75.3 Å². The maximum absolute atomic E-state index is 11.3. The van der Waals surface area contributed by atoms with Crippen molar-refractivity contribution in [3.8, 4) is 34.5 Å². The number of nitro groups is 6. The Morgan fingerprint density at radius 3 is 0.871 bits per heavy atom. The number of nitro benzene ring substituents is 6. The topological polar surface area (TPSA) is 800 Å². The summed E-state index contributed by atoms with van der Waals surface area (Å²) < 4.78 is 0. The fourth-order valence-corrected chi connectivity index (χ4v) is 10.8. The number of likely N-dealkylation sites (N-methyl/N-ethyl adjacent to an activating group) is 1. The van der Waals surface area contributed by atoms with Gasteiger partial charge in [-0.1, -0.05) is 98.6 Å². The van der Waals surface area contributed by atoms with Crippen molar-refractivity contribution in [3.05, 3.63) is 243 Å². The van der Waals surface area contributed by atoms with Crippen molar-refractivity contribution in [1.82, 2.24) is 29.9 Å². The van der Waals surface area contributed by atoms with E-state index in [1.54, 1.807) is 55.7 Å². The van der Waals surface area contributed by atoms with E-state index < -0.39 is 59.5 Å². The number of rotatable bonds is 27. The molecule has 720 valence electrons. The molecule has 0 saturated heterocycles. The van der Waals surface area contributed by atoms with Gasteiger partial charge < -0.3 is 110 Å². The van der Waals surface area contributed by atoms with Crippen molar-refractivity contribution in [1.29, 1.82) is 0 Å². The number of quaternary nitrogens is 6. The number of nitrogens with one attached hydrogen (secondary N) is 1. The summed E-state index contributed by atoms with van der Waals surface area (Å²) in [5.41, 5.74) is 16.0. The Bertz CT molecular complexity index is 4800. The van der Waals surface area contributed by atoms with Gasteiger partial charge in [0.1, 0.15) is 49.4 Å². The third-order valence-electron chi connectivity index (χ3n) is 18.2. The van der Waals surface area contributed by atoms with Crippen LogP contribution in [0.1, 0.15) is 81.0 Å². The molecule has 0 fully saturated rings. The first-order chi connectivity index (χ1) is 62.7. The predicted octanol–water partition coefficient (Wildman–Crippen LogP) is -1.03. The lowest BCUT2D eigenvalue weighted by molar-refractivity contribution is -0.858. The Morgan fingerprint density at radius 2 is 0.705 bits per heavy atom. The van der Waals surface area contributed by atoms with Crippen LogP contribution in [0.5, 0.6) is 34.5 Å². The quantitative estimate of drug-likeness (QED) is 0.0166. The number of carbonyl (C=O) groups is 1. The van der Waals surface area contributed by atoms with Crippen LogP contribution < -0.4 is 69.1 Å². The summed E-state index contributed by atoms with van der Waals surface area (Å²) in [4.78, 5) is 95.4. The second-order valence-electron chi connectivity index (χ2n) is 28.5. The van der Waals surface area contributed by atoms with Gasteiger partial charge >= 0.3 is 0 Å². The number of hydrogen-bond acceptors (Lipinski definition) is 34. The molecule has 12 rings (SSSR count). The summed E-state index contributed by atoms with van der Waals surface area (Å²) in [5, 5.41) is 207. The molecule has 24 N–H and O–H groups in total. The van der Waals surface area contributed by atoms with Gasteiger partial charge in [-0.05, 0) is 118 Å². The van der Waals surface area contributed by atoms with E-state index in [4.69, 9.17) is 26.2 Å². The molecule has 0 bridgehead atoms. The van der Waals surface area contributed by atoms with Crippen LogP contribution in [0.4, 0.5) is 34.1 Å².